The fraction of sp³-hybridized carbons (Fsp3) is 0.257. The Morgan fingerprint density at radius 3 is 2.14 bits per heavy atom. The molecule has 0 saturated heterocycles. The van der Waals surface area contributed by atoms with Gasteiger partial charge in [-0.2, -0.15) is 0 Å². The molecule has 4 aromatic carbocycles. The Kier molecular flexibility index (Phi) is 10.8. The molecule has 1 N–H and O–H groups in total. The van der Waals surface area contributed by atoms with Crippen molar-refractivity contribution in [2.45, 2.75) is 51.6 Å². The third-order valence-electron chi connectivity index (χ3n) is 7.45. The largest absolute Gasteiger partial charge is 0.355 e. The smallest absolute Gasteiger partial charge is 0.264 e. The maximum absolute atomic E-state index is 14.5. The summed E-state index contributed by atoms with van der Waals surface area (Å²) >= 11 is 6.44. The highest BCUT2D eigenvalue weighted by Gasteiger charge is 2.35. The van der Waals surface area contributed by atoms with Crippen LogP contribution in [-0.2, 0) is 32.6 Å². The van der Waals surface area contributed by atoms with Gasteiger partial charge in [-0.3, -0.25) is 13.9 Å². The number of rotatable bonds is 12. The van der Waals surface area contributed by atoms with Crippen LogP contribution in [0.5, 0.6) is 0 Å². The van der Waals surface area contributed by atoms with Crippen LogP contribution >= 0.6 is 11.6 Å². The predicted molar refractivity (Wildman–Crippen MR) is 176 cm³/mol. The Hall–Kier alpha value is -4.14. The van der Waals surface area contributed by atoms with Gasteiger partial charge in [-0.1, -0.05) is 95.5 Å². The third kappa shape index (κ3) is 7.87. The molecule has 9 heteroatoms. The number of hydrogen-bond donors (Lipinski definition) is 1. The first-order valence-corrected chi connectivity index (χ1v) is 16.3. The summed E-state index contributed by atoms with van der Waals surface area (Å²) < 4.78 is 29.5. The molecule has 0 aliphatic heterocycles. The van der Waals surface area contributed by atoms with Crippen molar-refractivity contribution in [1.29, 1.82) is 0 Å². The lowest BCUT2D eigenvalue weighted by atomic mass is 10.0. The molecule has 0 aliphatic rings. The van der Waals surface area contributed by atoms with Crippen molar-refractivity contribution in [3.63, 3.8) is 0 Å². The van der Waals surface area contributed by atoms with E-state index < -0.39 is 28.5 Å². The molecular formula is C35H38ClN3O4S. The number of aryl methyl sites for hydroxylation is 2. The lowest BCUT2D eigenvalue weighted by Crippen LogP contribution is -2.53. The zero-order valence-electron chi connectivity index (χ0n) is 25.5. The molecule has 0 aliphatic carbocycles. The van der Waals surface area contributed by atoms with Gasteiger partial charge in [-0.25, -0.2) is 8.42 Å². The van der Waals surface area contributed by atoms with Crippen LogP contribution in [0.4, 0.5) is 5.69 Å². The number of hydrogen-bond acceptors (Lipinski definition) is 4. The Labute approximate surface area is 265 Å². The highest BCUT2D eigenvalue weighted by molar-refractivity contribution is 7.92. The SMILES string of the molecule is CCNC(=O)[C@@H](Cc1ccccc1)N(Cc1cccc(C)c1)C(=O)CN(c1cccc(Cl)c1C)S(=O)(=O)c1ccc(C)cc1. The molecule has 0 bridgehead atoms. The summed E-state index contributed by atoms with van der Waals surface area (Å²) in [5, 5.41) is 3.25. The number of nitrogens with one attached hydrogen (secondary N) is 1. The number of nitrogens with zero attached hydrogens (tertiary/aromatic N) is 2. The van der Waals surface area contributed by atoms with E-state index in [0.29, 0.717) is 22.8 Å². The van der Waals surface area contributed by atoms with Crippen molar-refractivity contribution >= 4 is 39.1 Å². The molecule has 2 amide bonds. The minimum absolute atomic E-state index is 0.0464. The van der Waals surface area contributed by atoms with Gasteiger partial charge in [0.15, 0.2) is 0 Å². The number of amides is 2. The van der Waals surface area contributed by atoms with Crippen LogP contribution < -0.4 is 9.62 Å². The van der Waals surface area contributed by atoms with E-state index in [1.807, 2.05) is 75.4 Å². The summed E-state index contributed by atoms with van der Waals surface area (Å²) in [5.74, 6) is -0.835. The molecule has 0 fully saturated rings. The van der Waals surface area contributed by atoms with Crippen molar-refractivity contribution in [3.8, 4) is 0 Å². The van der Waals surface area contributed by atoms with E-state index in [-0.39, 0.29) is 23.8 Å². The summed E-state index contributed by atoms with van der Waals surface area (Å²) in [6, 6.07) is 27.7. The summed E-state index contributed by atoms with van der Waals surface area (Å²) in [6.07, 6.45) is 0.255. The van der Waals surface area contributed by atoms with E-state index in [9.17, 15) is 18.0 Å². The molecule has 4 rings (SSSR count). The van der Waals surface area contributed by atoms with E-state index in [0.717, 1.165) is 26.6 Å². The monoisotopic (exact) mass is 631 g/mol. The summed E-state index contributed by atoms with van der Waals surface area (Å²) in [6.45, 7) is 7.33. The average Bonchev–Trinajstić information content (AvgIpc) is 3.00. The molecule has 230 valence electrons. The van der Waals surface area contributed by atoms with Crippen LogP contribution in [0.3, 0.4) is 0 Å². The van der Waals surface area contributed by atoms with Crippen LogP contribution in [-0.4, -0.2) is 44.3 Å². The van der Waals surface area contributed by atoms with Crippen LogP contribution in [0.25, 0.3) is 0 Å². The minimum atomic E-state index is -4.21. The number of carbonyl (C=O) groups excluding carboxylic acids is 2. The Bertz CT molecular complexity index is 1710. The standard InChI is InChI=1S/C35H38ClN3O4S/c1-5-37-35(41)33(22-28-12-7-6-8-13-28)38(23-29-14-9-11-26(3)21-29)34(40)24-39(32-16-10-15-31(36)27(32)4)44(42,43)30-19-17-25(2)18-20-30/h6-21,33H,5,22-24H2,1-4H3,(H,37,41)/t33-/m1/s1. The molecule has 44 heavy (non-hydrogen) atoms. The lowest BCUT2D eigenvalue weighted by molar-refractivity contribution is -0.140. The van der Waals surface area contributed by atoms with Gasteiger partial charge in [0.25, 0.3) is 10.0 Å². The van der Waals surface area contributed by atoms with Gasteiger partial charge in [0.05, 0.1) is 10.6 Å². The molecule has 4 aromatic rings. The fourth-order valence-electron chi connectivity index (χ4n) is 5.07. The minimum Gasteiger partial charge on any atom is -0.355 e. The number of anilines is 1. The normalized spacial score (nSPS) is 11.9. The van der Waals surface area contributed by atoms with Crippen LogP contribution in [0, 0.1) is 20.8 Å². The van der Waals surface area contributed by atoms with E-state index in [1.165, 1.54) is 17.0 Å². The Morgan fingerprint density at radius 1 is 0.818 bits per heavy atom. The summed E-state index contributed by atoms with van der Waals surface area (Å²) in [4.78, 5) is 29.6. The molecule has 0 heterocycles. The summed E-state index contributed by atoms with van der Waals surface area (Å²) in [5.41, 5.74) is 4.42. The van der Waals surface area contributed by atoms with Gasteiger partial charge < -0.3 is 10.2 Å². The average molecular weight is 632 g/mol. The molecule has 1 atom stereocenters. The van der Waals surface area contributed by atoms with E-state index in [2.05, 4.69) is 5.32 Å². The van der Waals surface area contributed by atoms with Crippen molar-refractivity contribution in [1.82, 2.24) is 10.2 Å². The second-order valence-corrected chi connectivity index (χ2v) is 13.1. The molecule has 0 unspecified atom stereocenters. The second-order valence-electron chi connectivity index (χ2n) is 10.8. The number of carbonyl (C=O) groups is 2. The first-order chi connectivity index (χ1) is 21.0. The second kappa shape index (κ2) is 14.6. The van der Waals surface area contributed by atoms with Crippen molar-refractivity contribution in [2.75, 3.05) is 17.4 Å². The van der Waals surface area contributed by atoms with Crippen molar-refractivity contribution < 1.29 is 18.0 Å². The van der Waals surface area contributed by atoms with Crippen LogP contribution in [0.1, 0.15) is 34.7 Å². The molecule has 0 saturated carbocycles. The number of sulfonamides is 1. The van der Waals surface area contributed by atoms with Crippen molar-refractivity contribution in [3.05, 3.63) is 130 Å². The lowest BCUT2D eigenvalue weighted by Gasteiger charge is -2.34. The van der Waals surface area contributed by atoms with Crippen LogP contribution in [0.2, 0.25) is 5.02 Å². The number of likely N-dealkylation sites (N-methyl/N-ethyl adjacent to an activating group) is 1. The van der Waals surface area contributed by atoms with Gasteiger partial charge in [0, 0.05) is 24.5 Å². The zero-order chi connectivity index (χ0) is 31.9. The topological polar surface area (TPSA) is 86.8 Å². The quantitative estimate of drug-likeness (QED) is 0.201. The molecule has 0 spiro atoms. The van der Waals surface area contributed by atoms with Gasteiger partial charge >= 0.3 is 0 Å². The highest BCUT2D eigenvalue weighted by atomic mass is 35.5. The van der Waals surface area contributed by atoms with Gasteiger partial charge in [-0.05, 0) is 68.7 Å². The molecule has 7 nitrogen and oxygen atoms in total. The van der Waals surface area contributed by atoms with Gasteiger partial charge in [0.1, 0.15) is 12.6 Å². The molecular weight excluding hydrogens is 594 g/mol. The molecule has 0 aromatic heterocycles. The third-order valence-corrected chi connectivity index (χ3v) is 9.64. The van der Waals surface area contributed by atoms with Gasteiger partial charge in [0.2, 0.25) is 11.8 Å². The predicted octanol–water partition coefficient (Wildman–Crippen LogP) is 6.24. The molecule has 0 radical (unpaired) electrons. The first kappa shape index (κ1) is 32.8. The first-order valence-electron chi connectivity index (χ1n) is 14.5. The number of halogens is 1. The van der Waals surface area contributed by atoms with E-state index in [1.54, 1.807) is 37.3 Å². The zero-order valence-corrected chi connectivity index (χ0v) is 27.0. The van der Waals surface area contributed by atoms with Gasteiger partial charge in [-0.15, -0.1) is 0 Å². The summed E-state index contributed by atoms with van der Waals surface area (Å²) in [7, 11) is -4.21. The highest BCUT2D eigenvalue weighted by Crippen LogP contribution is 2.31. The maximum Gasteiger partial charge on any atom is 0.264 e. The van der Waals surface area contributed by atoms with Crippen molar-refractivity contribution in [2.24, 2.45) is 0 Å². The van der Waals surface area contributed by atoms with E-state index >= 15 is 0 Å². The fourth-order valence-corrected chi connectivity index (χ4v) is 6.71. The number of benzene rings is 4. The Balaban J connectivity index is 1.83. The Morgan fingerprint density at radius 2 is 1.48 bits per heavy atom. The maximum atomic E-state index is 14.5. The van der Waals surface area contributed by atoms with E-state index in [4.69, 9.17) is 11.6 Å². The van der Waals surface area contributed by atoms with Crippen LogP contribution in [0.15, 0.2) is 102 Å².